The van der Waals surface area contributed by atoms with Crippen LogP contribution in [-0.2, 0) is 4.79 Å². The molecule has 2 aromatic carbocycles. The number of carbonyl (C=O) groups is 1. The van der Waals surface area contributed by atoms with Crippen LogP contribution in [0.3, 0.4) is 0 Å². The first-order valence-electron chi connectivity index (χ1n) is 8.52. The van der Waals surface area contributed by atoms with Crippen molar-refractivity contribution in [2.45, 2.75) is 18.7 Å². The fourth-order valence-corrected chi connectivity index (χ4v) is 3.66. The van der Waals surface area contributed by atoms with Crippen LogP contribution >= 0.6 is 11.9 Å². The Morgan fingerprint density at radius 3 is 2.35 bits per heavy atom. The van der Waals surface area contributed by atoms with E-state index in [1.165, 1.54) is 21.7 Å². The lowest BCUT2D eigenvalue weighted by molar-refractivity contribution is -0.0979. The average Bonchev–Trinajstić information content (AvgIpc) is 2.68. The van der Waals surface area contributed by atoms with Gasteiger partial charge in [0.1, 0.15) is 6.79 Å². The number of hydrogen-bond donors (Lipinski definition) is 3. The summed E-state index contributed by atoms with van der Waals surface area (Å²) in [6.07, 6.45) is 0. The average molecular weight is 376 g/mol. The second kappa shape index (κ2) is 12.5. The molecule has 2 aromatic rings. The Morgan fingerprint density at radius 2 is 1.69 bits per heavy atom. The molecule has 0 spiro atoms. The highest BCUT2D eigenvalue weighted by atomic mass is 32.2. The molecule has 1 fully saturated rings. The van der Waals surface area contributed by atoms with Crippen molar-refractivity contribution in [3.63, 3.8) is 0 Å². The van der Waals surface area contributed by atoms with E-state index >= 15 is 0 Å². The van der Waals surface area contributed by atoms with Crippen LogP contribution in [0.15, 0.2) is 47.4 Å². The van der Waals surface area contributed by atoms with E-state index in [1.807, 2.05) is 18.7 Å². The van der Waals surface area contributed by atoms with Crippen LogP contribution in [0.5, 0.6) is 0 Å². The van der Waals surface area contributed by atoms with Gasteiger partial charge in [-0.15, -0.1) is 0 Å². The number of benzene rings is 2. The summed E-state index contributed by atoms with van der Waals surface area (Å²) < 4.78 is 2.44. The predicted octanol–water partition coefficient (Wildman–Crippen LogP) is 3.38. The van der Waals surface area contributed by atoms with E-state index in [0.717, 1.165) is 39.0 Å². The van der Waals surface area contributed by atoms with E-state index < -0.39 is 0 Å². The molecule has 0 aliphatic carbocycles. The quantitative estimate of drug-likeness (QED) is 0.712. The van der Waals surface area contributed by atoms with E-state index in [0.29, 0.717) is 0 Å². The molecule has 0 aromatic heterocycles. The molecular formula is C20H29N3O2S. The van der Waals surface area contributed by atoms with Gasteiger partial charge in [-0.2, -0.15) is 0 Å². The summed E-state index contributed by atoms with van der Waals surface area (Å²) in [5.74, 6) is 0. The Morgan fingerprint density at radius 1 is 1.04 bits per heavy atom. The standard InChI is InChI=1S/C18H23N3S.CH4O.CH2O/c1-14-4-3-5-16(12-14)20-17-7-6-15(2)13-18(17)22-21-10-8-19-9-11-21;2*1-2/h3-7,12-13,19-20H,8-11H2,1-2H3;2H,1H3;1H2. The van der Waals surface area contributed by atoms with Gasteiger partial charge in [-0.25, -0.2) is 4.31 Å². The van der Waals surface area contributed by atoms with Crippen molar-refractivity contribution in [1.82, 2.24) is 9.62 Å². The smallest absolute Gasteiger partial charge is 0.106 e. The van der Waals surface area contributed by atoms with Crippen molar-refractivity contribution >= 4 is 30.1 Å². The first-order chi connectivity index (χ1) is 12.7. The van der Waals surface area contributed by atoms with E-state index in [2.05, 4.69) is 71.3 Å². The van der Waals surface area contributed by atoms with Crippen molar-refractivity contribution < 1.29 is 9.90 Å². The SMILES string of the molecule is C=O.CO.Cc1cccc(Nc2ccc(C)cc2SN2CCNCC2)c1. The van der Waals surface area contributed by atoms with Gasteiger partial charge in [-0.3, -0.25) is 0 Å². The normalized spacial score (nSPS) is 13.7. The Bertz CT molecular complexity index is 661. The second-order valence-corrected chi connectivity index (χ2v) is 6.90. The Balaban J connectivity index is 0.000000791. The highest BCUT2D eigenvalue weighted by Gasteiger charge is 2.13. The minimum Gasteiger partial charge on any atom is -0.400 e. The van der Waals surface area contributed by atoms with Gasteiger partial charge in [0.05, 0.1) is 5.69 Å². The van der Waals surface area contributed by atoms with Crippen LogP contribution in [0, 0.1) is 13.8 Å². The van der Waals surface area contributed by atoms with Gasteiger partial charge in [-0.05, 0) is 61.2 Å². The summed E-state index contributed by atoms with van der Waals surface area (Å²) in [6.45, 7) is 10.6. The number of piperazine rings is 1. The van der Waals surface area contributed by atoms with Gasteiger partial charge in [0.2, 0.25) is 0 Å². The molecule has 26 heavy (non-hydrogen) atoms. The molecule has 0 unspecified atom stereocenters. The van der Waals surface area contributed by atoms with E-state index in [1.54, 1.807) is 0 Å². The Labute approximate surface area is 160 Å². The summed E-state index contributed by atoms with van der Waals surface area (Å²) in [7, 11) is 1.00. The van der Waals surface area contributed by atoms with Gasteiger partial charge < -0.3 is 20.5 Å². The molecule has 3 rings (SSSR count). The third-order valence-electron chi connectivity index (χ3n) is 3.74. The van der Waals surface area contributed by atoms with Crippen LogP contribution < -0.4 is 10.6 Å². The number of aliphatic hydroxyl groups excluding tert-OH is 1. The summed E-state index contributed by atoms with van der Waals surface area (Å²) in [6, 6.07) is 15.1. The molecule has 1 aliphatic rings. The molecule has 1 aliphatic heterocycles. The number of anilines is 2. The van der Waals surface area contributed by atoms with Crippen molar-refractivity contribution in [2.75, 3.05) is 38.6 Å². The maximum Gasteiger partial charge on any atom is 0.106 e. The minimum absolute atomic E-state index is 1.00. The highest BCUT2D eigenvalue weighted by molar-refractivity contribution is 7.97. The third-order valence-corrected chi connectivity index (χ3v) is 4.90. The number of hydrogen-bond acceptors (Lipinski definition) is 6. The molecule has 1 saturated heterocycles. The first-order valence-corrected chi connectivity index (χ1v) is 9.29. The molecule has 0 atom stereocenters. The predicted molar refractivity (Wildman–Crippen MR) is 111 cm³/mol. The highest BCUT2D eigenvalue weighted by Crippen LogP contribution is 2.33. The van der Waals surface area contributed by atoms with Crippen LogP contribution in [-0.4, -0.2) is 49.5 Å². The Kier molecular flexibility index (Phi) is 10.7. The molecule has 0 amide bonds. The molecular weight excluding hydrogens is 346 g/mol. The molecule has 0 bridgehead atoms. The molecule has 3 N–H and O–H groups in total. The third kappa shape index (κ3) is 7.17. The monoisotopic (exact) mass is 375 g/mol. The molecule has 6 heteroatoms. The lowest BCUT2D eigenvalue weighted by Crippen LogP contribution is -2.39. The number of aryl methyl sites for hydroxylation is 2. The number of rotatable bonds is 4. The molecule has 0 radical (unpaired) electrons. The first kappa shape index (κ1) is 22.2. The topological polar surface area (TPSA) is 64.6 Å². The number of nitrogens with zero attached hydrogens (tertiary/aromatic N) is 1. The zero-order chi connectivity index (χ0) is 19.4. The second-order valence-electron chi connectivity index (χ2n) is 5.76. The van der Waals surface area contributed by atoms with E-state index in [9.17, 15) is 0 Å². The fourth-order valence-electron chi connectivity index (χ4n) is 2.56. The summed E-state index contributed by atoms with van der Waals surface area (Å²) in [5.41, 5.74) is 4.89. The molecule has 142 valence electrons. The van der Waals surface area contributed by atoms with Crippen LogP contribution in [0.2, 0.25) is 0 Å². The summed E-state index contributed by atoms with van der Waals surface area (Å²) >= 11 is 1.86. The lowest BCUT2D eigenvalue weighted by Gasteiger charge is -2.27. The summed E-state index contributed by atoms with van der Waals surface area (Å²) in [5, 5.41) is 14.0. The van der Waals surface area contributed by atoms with Crippen LogP contribution in [0.4, 0.5) is 11.4 Å². The van der Waals surface area contributed by atoms with E-state index in [4.69, 9.17) is 9.90 Å². The zero-order valence-electron chi connectivity index (χ0n) is 15.8. The van der Waals surface area contributed by atoms with Crippen molar-refractivity contribution in [3.05, 3.63) is 53.6 Å². The van der Waals surface area contributed by atoms with Crippen LogP contribution in [0.1, 0.15) is 11.1 Å². The van der Waals surface area contributed by atoms with Crippen molar-refractivity contribution in [2.24, 2.45) is 0 Å². The largest absolute Gasteiger partial charge is 0.400 e. The minimum atomic E-state index is 1.00. The van der Waals surface area contributed by atoms with E-state index in [-0.39, 0.29) is 0 Å². The number of nitrogens with one attached hydrogen (secondary N) is 2. The zero-order valence-corrected chi connectivity index (χ0v) is 16.6. The lowest BCUT2D eigenvalue weighted by atomic mass is 10.2. The van der Waals surface area contributed by atoms with Gasteiger partial charge >= 0.3 is 0 Å². The fraction of sp³-hybridized carbons (Fsp3) is 0.350. The maximum absolute atomic E-state index is 8.00. The number of carbonyl (C=O) groups excluding carboxylic acids is 1. The van der Waals surface area contributed by atoms with Gasteiger partial charge in [0, 0.05) is 43.9 Å². The van der Waals surface area contributed by atoms with Gasteiger partial charge in [-0.1, -0.05) is 18.2 Å². The van der Waals surface area contributed by atoms with Crippen molar-refractivity contribution in [1.29, 1.82) is 0 Å². The van der Waals surface area contributed by atoms with Crippen molar-refractivity contribution in [3.8, 4) is 0 Å². The van der Waals surface area contributed by atoms with Crippen LogP contribution in [0.25, 0.3) is 0 Å². The number of aliphatic hydroxyl groups is 1. The van der Waals surface area contributed by atoms with Gasteiger partial charge in [0.25, 0.3) is 0 Å². The maximum atomic E-state index is 8.00. The Hall–Kier alpha value is -1.86. The van der Waals surface area contributed by atoms with Gasteiger partial charge in [0.15, 0.2) is 0 Å². The summed E-state index contributed by atoms with van der Waals surface area (Å²) in [4.78, 5) is 9.29. The molecule has 0 saturated carbocycles. The molecule has 1 heterocycles. The molecule has 5 nitrogen and oxygen atoms in total.